The molecule has 1 unspecified atom stereocenters. The first-order valence-electron chi connectivity index (χ1n) is 5.49. The molecule has 0 aromatic carbocycles. The van der Waals surface area contributed by atoms with Crippen molar-refractivity contribution in [3.63, 3.8) is 0 Å². The third-order valence-corrected chi connectivity index (χ3v) is 2.48. The van der Waals surface area contributed by atoms with Crippen molar-refractivity contribution in [3.05, 3.63) is 24.5 Å². The van der Waals surface area contributed by atoms with Gasteiger partial charge in [0.25, 0.3) is 0 Å². The van der Waals surface area contributed by atoms with Crippen LogP contribution in [0.2, 0.25) is 0 Å². The summed E-state index contributed by atoms with van der Waals surface area (Å²) in [5, 5.41) is 9.76. The lowest BCUT2D eigenvalue weighted by Gasteiger charge is -2.22. The summed E-state index contributed by atoms with van der Waals surface area (Å²) in [5.41, 5.74) is 0.935. The first kappa shape index (κ1) is 13.4. The molecule has 1 aromatic heterocycles. The summed E-state index contributed by atoms with van der Waals surface area (Å²) < 4.78 is 4.52. The van der Waals surface area contributed by atoms with Crippen molar-refractivity contribution in [1.82, 2.24) is 4.98 Å². The maximum Gasteiger partial charge on any atom is 0.305 e. The number of pyridine rings is 1. The Bertz CT molecular complexity index is 343. The number of rotatable bonds is 6. The van der Waals surface area contributed by atoms with E-state index in [-0.39, 0.29) is 12.4 Å². The molecule has 0 amide bonds. The third-order valence-electron chi connectivity index (χ3n) is 2.48. The molecule has 5 nitrogen and oxygen atoms in total. The number of aliphatic hydroxyl groups is 1. The standard InChI is InChI=1S/C12H18N2O3/c1-14(10-4-3-7-13-8-10)9-11(15)5-6-12(16)17-2/h3-4,7-8,11,15H,5-6,9H2,1-2H3. The van der Waals surface area contributed by atoms with Crippen molar-refractivity contribution in [1.29, 1.82) is 0 Å². The highest BCUT2D eigenvalue weighted by molar-refractivity contribution is 5.69. The lowest BCUT2D eigenvalue weighted by atomic mass is 10.2. The molecular formula is C12H18N2O3. The Morgan fingerprint density at radius 3 is 3.00 bits per heavy atom. The number of nitrogens with zero attached hydrogens (tertiary/aromatic N) is 2. The number of likely N-dealkylation sites (N-methyl/N-ethyl adjacent to an activating group) is 1. The molecule has 1 rings (SSSR count). The summed E-state index contributed by atoms with van der Waals surface area (Å²) in [6.45, 7) is 0.461. The average molecular weight is 238 g/mol. The maximum absolute atomic E-state index is 10.9. The van der Waals surface area contributed by atoms with Gasteiger partial charge in [0, 0.05) is 26.2 Å². The van der Waals surface area contributed by atoms with E-state index >= 15 is 0 Å². The largest absolute Gasteiger partial charge is 0.469 e. The lowest BCUT2D eigenvalue weighted by molar-refractivity contribution is -0.141. The summed E-state index contributed by atoms with van der Waals surface area (Å²) in [5.74, 6) is -0.298. The Morgan fingerprint density at radius 1 is 1.65 bits per heavy atom. The molecule has 1 aromatic rings. The monoisotopic (exact) mass is 238 g/mol. The molecular weight excluding hydrogens is 220 g/mol. The van der Waals surface area contributed by atoms with Crippen LogP contribution in [0.5, 0.6) is 0 Å². The maximum atomic E-state index is 10.9. The molecule has 0 aliphatic rings. The minimum absolute atomic E-state index is 0.235. The molecule has 5 heteroatoms. The van der Waals surface area contributed by atoms with Gasteiger partial charge in [-0.3, -0.25) is 9.78 Å². The molecule has 1 atom stereocenters. The number of carbonyl (C=O) groups excluding carboxylic acids is 1. The number of aromatic nitrogens is 1. The van der Waals surface area contributed by atoms with Gasteiger partial charge in [0.2, 0.25) is 0 Å². The number of ether oxygens (including phenoxy) is 1. The van der Waals surface area contributed by atoms with Crippen LogP contribution in [0.1, 0.15) is 12.8 Å². The fourth-order valence-electron chi connectivity index (χ4n) is 1.48. The zero-order valence-corrected chi connectivity index (χ0v) is 10.2. The Kier molecular flexibility index (Phi) is 5.42. The van der Waals surface area contributed by atoms with Crippen molar-refractivity contribution in [3.8, 4) is 0 Å². The SMILES string of the molecule is COC(=O)CCC(O)CN(C)c1cccnc1. The number of anilines is 1. The fraction of sp³-hybridized carbons (Fsp3) is 0.500. The first-order chi connectivity index (χ1) is 8.13. The number of carbonyl (C=O) groups is 1. The van der Waals surface area contributed by atoms with Crippen molar-refractivity contribution in [2.45, 2.75) is 18.9 Å². The van der Waals surface area contributed by atoms with E-state index in [0.29, 0.717) is 13.0 Å². The summed E-state index contributed by atoms with van der Waals surface area (Å²) in [6.07, 6.45) is 3.51. The van der Waals surface area contributed by atoms with Gasteiger partial charge < -0.3 is 14.7 Å². The van der Waals surface area contributed by atoms with E-state index in [9.17, 15) is 9.90 Å². The molecule has 1 heterocycles. The van der Waals surface area contributed by atoms with E-state index in [4.69, 9.17) is 0 Å². The number of methoxy groups -OCH3 is 1. The van der Waals surface area contributed by atoms with Crippen LogP contribution in [0.3, 0.4) is 0 Å². The van der Waals surface area contributed by atoms with Gasteiger partial charge in [-0.2, -0.15) is 0 Å². The summed E-state index contributed by atoms with van der Waals surface area (Å²) in [4.78, 5) is 16.8. The van der Waals surface area contributed by atoms with Gasteiger partial charge in [-0.25, -0.2) is 0 Å². The van der Waals surface area contributed by atoms with E-state index in [0.717, 1.165) is 5.69 Å². The number of aliphatic hydroxyl groups excluding tert-OH is 1. The molecule has 0 fully saturated rings. The van der Waals surface area contributed by atoms with Gasteiger partial charge in [0.1, 0.15) is 0 Å². The molecule has 94 valence electrons. The smallest absolute Gasteiger partial charge is 0.305 e. The van der Waals surface area contributed by atoms with Crippen molar-refractivity contribution in [2.75, 3.05) is 25.6 Å². The van der Waals surface area contributed by atoms with E-state index < -0.39 is 6.10 Å². The van der Waals surface area contributed by atoms with Gasteiger partial charge in [-0.15, -0.1) is 0 Å². The molecule has 0 aliphatic heterocycles. The molecule has 0 saturated heterocycles. The Balaban J connectivity index is 2.36. The molecule has 0 bridgehead atoms. The molecule has 1 N–H and O–H groups in total. The average Bonchev–Trinajstić information content (AvgIpc) is 2.36. The van der Waals surface area contributed by atoms with Gasteiger partial charge in [-0.05, 0) is 18.6 Å². The molecule has 0 aliphatic carbocycles. The quantitative estimate of drug-likeness (QED) is 0.744. The van der Waals surface area contributed by atoms with Gasteiger partial charge >= 0.3 is 5.97 Å². The number of esters is 1. The highest BCUT2D eigenvalue weighted by Gasteiger charge is 2.11. The summed E-state index contributed by atoms with van der Waals surface area (Å²) in [7, 11) is 3.22. The van der Waals surface area contributed by atoms with E-state index in [1.807, 2.05) is 24.1 Å². The summed E-state index contributed by atoms with van der Waals surface area (Å²) >= 11 is 0. The lowest BCUT2D eigenvalue weighted by Crippen LogP contribution is -2.29. The number of hydrogen-bond acceptors (Lipinski definition) is 5. The Hall–Kier alpha value is -1.62. The van der Waals surface area contributed by atoms with Crippen molar-refractivity contribution < 1.29 is 14.6 Å². The second kappa shape index (κ2) is 6.85. The van der Waals surface area contributed by atoms with Crippen molar-refractivity contribution >= 4 is 11.7 Å². The molecule has 17 heavy (non-hydrogen) atoms. The van der Waals surface area contributed by atoms with Gasteiger partial charge in [0.15, 0.2) is 0 Å². The molecule has 0 radical (unpaired) electrons. The zero-order valence-electron chi connectivity index (χ0n) is 10.2. The van der Waals surface area contributed by atoms with E-state index in [2.05, 4.69) is 9.72 Å². The van der Waals surface area contributed by atoms with E-state index in [1.54, 1.807) is 12.4 Å². The van der Waals surface area contributed by atoms with Gasteiger partial charge in [0.05, 0.1) is 25.1 Å². The van der Waals surface area contributed by atoms with Crippen LogP contribution >= 0.6 is 0 Å². The van der Waals surface area contributed by atoms with Crippen LogP contribution in [-0.4, -0.2) is 42.9 Å². The Morgan fingerprint density at radius 2 is 2.41 bits per heavy atom. The van der Waals surface area contributed by atoms with Crippen LogP contribution in [0.15, 0.2) is 24.5 Å². The highest BCUT2D eigenvalue weighted by Crippen LogP contribution is 2.11. The third kappa shape index (κ3) is 4.82. The van der Waals surface area contributed by atoms with Crippen LogP contribution in [0, 0.1) is 0 Å². The van der Waals surface area contributed by atoms with Crippen molar-refractivity contribution in [2.24, 2.45) is 0 Å². The minimum atomic E-state index is -0.556. The molecule has 0 saturated carbocycles. The van der Waals surface area contributed by atoms with Gasteiger partial charge in [-0.1, -0.05) is 0 Å². The predicted molar refractivity (Wildman–Crippen MR) is 64.8 cm³/mol. The van der Waals surface area contributed by atoms with Crippen LogP contribution in [0.4, 0.5) is 5.69 Å². The minimum Gasteiger partial charge on any atom is -0.469 e. The Labute approximate surface area is 101 Å². The first-order valence-corrected chi connectivity index (χ1v) is 5.49. The van der Waals surface area contributed by atoms with E-state index in [1.165, 1.54) is 7.11 Å². The second-order valence-corrected chi connectivity index (χ2v) is 3.86. The highest BCUT2D eigenvalue weighted by atomic mass is 16.5. The van der Waals surface area contributed by atoms with Crippen LogP contribution < -0.4 is 4.90 Å². The van der Waals surface area contributed by atoms with Crippen LogP contribution in [-0.2, 0) is 9.53 Å². The fourth-order valence-corrected chi connectivity index (χ4v) is 1.48. The zero-order chi connectivity index (χ0) is 12.7. The normalized spacial score (nSPS) is 11.9. The predicted octanol–water partition coefficient (Wildman–Crippen LogP) is 0.832. The number of hydrogen-bond donors (Lipinski definition) is 1. The van der Waals surface area contributed by atoms with Crippen LogP contribution in [0.25, 0.3) is 0 Å². The molecule has 0 spiro atoms. The second-order valence-electron chi connectivity index (χ2n) is 3.86. The topological polar surface area (TPSA) is 62.7 Å². The summed E-state index contributed by atoms with van der Waals surface area (Å²) in [6, 6.07) is 3.76.